The molecular weight excluding hydrogens is 261 g/mol. The Morgan fingerprint density at radius 3 is 2.38 bits per heavy atom. The van der Waals surface area contributed by atoms with Gasteiger partial charge in [0, 0.05) is 6.04 Å². The van der Waals surface area contributed by atoms with Gasteiger partial charge in [-0.05, 0) is 73.4 Å². The van der Waals surface area contributed by atoms with Gasteiger partial charge in [-0.1, -0.05) is 33.6 Å². The third kappa shape index (κ3) is 3.48. The monoisotopic (exact) mass is 291 g/mol. The van der Waals surface area contributed by atoms with Crippen molar-refractivity contribution in [1.82, 2.24) is 5.32 Å². The van der Waals surface area contributed by atoms with Crippen molar-refractivity contribution < 1.29 is 4.39 Å². The molecule has 0 radical (unpaired) electrons. The predicted molar refractivity (Wildman–Crippen MR) is 88.0 cm³/mol. The molecule has 0 amide bonds. The van der Waals surface area contributed by atoms with Gasteiger partial charge < -0.3 is 5.32 Å². The summed E-state index contributed by atoms with van der Waals surface area (Å²) in [5.74, 6) is 0.501. The summed E-state index contributed by atoms with van der Waals surface area (Å²) in [7, 11) is 0. The average Bonchev–Trinajstić information content (AvgIpc) is 2.36. The van der Waals surface area contributed by atoms with E-state index < -0.39 is 0 Å². The summed E-state index contributed by atoms with van der Waals surface area (Å²) < 4.78 is 13.6. The van der Waals surface area contributed by atoms with Crippen LogP contribution >= 0.6 is 0 Å². The summed E-state index contributed by atoms with van der Waals surface area (Å²) in [6.45, 7) is 12.0. The molecule has 2 atom stereocenters. The fourth-order valence-corrected chi connectivity index (χ4v) is 4.22. The van der Waals surface area contributed by atoms with Crippen molar-refractivity contribution in [2.45, 2.75) is 66.3 Å². The van der Waals surface area contributed by atoms with Gasteiger partial charge in [0.25, 0.3) is 0 Å². The first kappa shape index (κ1) is 16.5. The lowest BCUT2D eigenvalue weighted by Crippen LogP contribution is -2.39. The second-order valence-electron chi connectivity index (χ2n) is 7.33. The third-order valence-corrected chi connectivity index (χ3v) is 5.29. The van der Waals surface area contributed by atoms with E-state index in [1.54, 1.807) is 12.1 Å². The van der Waals surface area contributed by atoms with E-state index in [1.165, 1.54) is 31.2 Å². The summed E-state index contributed by atoms with van der Waals surface area (Å²) in [6, 6.07) is 3.70. The molecule has 118 valence electrons. The van der Waals surface area contributed by atoms with Crippen molar-refractivity contribution in [3.63, 3.8) is 0 Å². The molecule has 1 saturated carbocycles. The third-order valence-electron chi connectivity index (χ3n) is 5.29. The summed E-state index contributed by atoms with van der Waals surface area (Å²) in [6.07, 6.45) is 5.21. The Labute approximate surface area is 129 Å². The van der Waals surface area contributed by atoms with Crippen LogP contribution in [0.25, 0.3) is 0 Å². The van der Waals surface area contributed by atoms with Crippen LogP contribution < -0.4 is 5.32 Å². The van der Waals surface area contributed by atoms with Gasteiger partial charge >= 0.3 is 0 Å². The van der Waals surface area contributed by atoms with E-state index in [0.717, 1.165) is 17.7 Å². The van der Waals surface area contributed by atoms with Crippen molar-refractivity contribution in [1.29, 1.82) is 0 Å². The van der Waals surface area contributed by atoms with E-state index in [1.807, 2.05) is 13.8 Å². The highest BCUT2D eigenvalue weighted by Gasteiger charge is 2.38. The normalized spacial score (nSPS) is 23.0. The van der Waals surface area contributed by atoms with Gasteiger partial charge in [0.1, 0.15) is 5.82 Å². The summed E-state index contributed by atoms with van der Waals surface area (Å²) in [4.78, 5) is 0. The maximum Gasteiger partial charge on any atom is 0.123 e. The zero-order valence-electron chi connectivity index (χ0n) is 14.2. The van der Waals surface area contributed by atoms with Crippen LogP contribution in [0.5, 0.6) is 0 Å². The Bertz CT molecular complexity index is 469. The Kier molecular flexibility index (Phi) is 5.08. The van der Waals surface area contributed by atoms with Gasteiger partial charge in [-0.3, -0.25) is 0 Å². The Morgan fingerprint density at radius 1 is 1.24 bits per heavy atom. The highest BCUT2D eigenvalue weighted by Crippen LogP contribution is 2.47. The molecule has 1 fully saturated rings. The number of halogens is 1. The highest BCUT2D eigenvalue weighted by molar-refractivity contribution is 5.37. The summed E-state index contributed by atoms with van der Waals surface area (Å²) >= 11 is 0. The molecule has 21 heavy (non-hydrogen) atoms. The lowest BCUT2D eigenvalue weighted by molar-refractivity contribution is 0.0983. The maximum atomic E-state index is 13.6. The van der Waals surface area contributed by atoms with Crippen LogP contribution in [-0.2, 0) is 0 Å². The van der Waals surface area contributed by atoms with E-state index in [4.69, 9.17) is 0 Å². The SMILES string of the molecule is CCNC(c1c(C)cc(F)cc1C)C1CCCCC1(C)C. The van der Waals surface area contributed by atoms with Gasteiger partial charge in [-0.25, -0.2) is 4.39 Å². The first-order chi connectivity index (χ1) is 9.86. The van der Waals surface area contributed by atoms with Crippen LogP contribution in [0.4, 0.5) is 4.39 Å². The largest absolute Gasteiger partial charge is 0.310 e. The second-order valence-corrected chi connectivity index (χ2v) is 7.33. The molecule has 1 aromatic carbocycles. The molecule has 1 aliphatic carbocycles. The fraction of sp³-hybridized carbons (Fsp3) is 0.684. The number of nitrogens with one attached hydrogen (secondary N) is 1. The molecule has 1 aliphatic rings. The minimum Gasteiger partial charge on any atom is -0.310 e. The number of hydrogen-bond acceptors (Lipinski definition) is 1. The van der Waals surface area contributed by atoms with Crippen molar-refractivity contribution in [2.24, 2.45) is 11.3 Å². The second kappa shape index (κ2) is 6.48. The van der Waals surface area contributed by atoms with Gasteiger partial charge in [0.15, 0.2) is 0 Å². The average molecular weight is 291 g/mol. The molecule has 0 saturated heterocycles. The van der Waals surface area contributed by atoms with Crippen LogP contribution in [0, 0.1) is 31.0 Å². The fourth-order valence-electron chi connectivity index (χ4n) is 4.22. The molecule has 0 bridgehead atoms. The van der Waals surface area contributed by atoms with Gasteiger partial charge in [0.2, 0.25) is 0 Å². The predicted octanol–water partition coefficient (Wildman–Crippen LogP) is 5.31. The van der Waals surface area contributed by atoms with Gasteiger partial charge in [-0.15, -0.1) is 0 Å². The lowest BCUT2D eigenvalue weighted by Gasteiger charge is -2.44. The number of hydrogen-bond donors (Lipinski definition) is 1. The summed E-state index contributed by atoms with van der Waals surface area (Å²) in [5, 5.41) is 3.70. The minimum absolute atomic E-state index is 0.119. The molecule has 0 aliphatic heterocycles. The van der Waals surface area contributed by atoms with Crippen LogP contribution in [0.2, 0.25) is 0 Å². The van der Waals surface area contributed by atoms with Crippen LogP contribution in [-0.4, -0.2) is 6.54 Å². The number of rotatable bonds is 4. The molecular formula is C19H30FN. The van der Waals surface area contributed by atoms with Crippen molar-refractivity contribution in [3.05, 3.63) is 34.6 Å². The maximum absolute atomic E-state index is 13.6. The number of benzene rings is 1. The molecule has 1 N–H and O–H groups in total. The smallest absolute Gasteiger partial charge is 0.123 e. The molecule has 1 aromatic rings. The van der Waals surface area contributed by atoms with Crippen LogP contribution in [0.15, 0.2) is 12.1 Å². The Morgan fingerprint density at radius 2 is 1.86 bits per heavy atom. The molecule has 1 nitrogen and oxygen atoms in total. The molecule has 2 rings (SSSR count). The van der Waals surface area contributed by atoms with Crippen LogP contribution in [0.1, 0.15) is 69.2 Å². The Hall–Kier alpha value is -0.890. The topological polar surface area (TPSA) is 12.0 Å². The molecule has 0 heterocycles. The minimum atomic E-state index is -0.119. The zero-order chi connectivity index (χ0) is 15.6. The quantitative estimate of drug-likeness (QED) is 0.792. The van der Waals surface area contributed by atoms with Crippen LogP contribution in [0.3, 0.4) is 0 Å². The van der Waals surface area contributed by atoms with E-state index in [0.29, 0.717) is 17.4 Å². The van der Waals surface area contributed by atoms with E-state index in [2.05, 4.69) is 26.1 Å². The molecule has 2 unspecified atom stereocenters. The highest BCUT2D eigenvalue weighted by atomic mass is 19.1. The zero-order valence-corrected chi connectivity index (χ0v) is 14.2. The number of aryl methyl sites for hydroxylation is 2. The van der Waals surface area contributed by atoms with Crippen molar-refractivity contribution in [3.8, 4) is 0 Å². The van der Waals surface area contributed by atoms with Gasteiger partial charge in [-0.2, -0.15) is 0 Å². The van der Waals surface area contributed by atoms with Crippen molar-refractivity contribution >= 4 is 0 Å². The van der Waals surface area contributed by atoms with E-state index in [-0.39, 0.29) is 5.82 Å². The lowest BCUT2D eigenvalue weighted by atomic mass is 9.64. The van der Waals surface area contributed by atoms with Crippen molar-refractivity contribution in [2.75, 3.05) is 6.54 Å². The molecule has 2 heteroatoms. The Balaban J connectivity index is 2.44. The first-order valence-electron chi connectivity index (χ1n) is 8.37. The molecule has 0 spiro atoms. The summed E-state index contributed by atoms with van der Waals surface area (Å²) in [5.41, 5.74) is 3.83. The van der Waals surface area contributed by atoms with E-state index in [9.17, 15) is 4.39 Å². The molecule has 0 aromatic heterocycles. The standard InChI is InChI=1S/C19H30FN/c1-6-21-18(16-9-7-8-10-19(16,4)5)17-13(2)11-15(20)12-14(17)3/h11-12,16,18,21H,6-10H2,1-5H3. The first-order valence-corrected chi connectivity index (χ1v) is 8.37. The van der Waals surface area contributed by atoms with E-state index >= 15 is 0 Å². The van der Waals surface area contributed by atoms with Gasteiger partial charge in [0.05, 0.1) is 0 Å².